The molecule has 1 aliphatic carbocycles. The number of aryl methyl sites for hydroxylation is 1. The number of aromatic nitrogens is 3. The fourth-order valence-electron chi connectivity index (χ4n) is 3.31. The molecule has 142 valence electrons. The number of hydrogen-bond donors (Lipinski definition) is 1. The minimum absolute atomic E-state index is 0.132. The average molecular weight is 402 g/mol. The Balaban J connectivity index is 1.67. The number of carbonyl (C=O) groups is 1. The van der Waals surface area contributed by atoms with E-state index in [4.69, 9.17) is 0 Å². The van der Waals surface area contributed by atoms with Crippen LogP contribution in [0.1, 0.15) is 41.6 Å². The highest BCUT2D eigenvalue weighted by atomic mass is 32.2. The molecule has 2 heterocycles. The molecule has 0 saturated carbocycles. The number of nitrogens with one attached hydrogen (secondary N) is 1. The van der Waals surface area contributed by atoms with Gasteiger partial charge < -0.3 is 9.88 Å². The van der Waals surface area contributed by atoms with Gasteiger partial charge in [0.1, 0.15) is 16.9 Å². The molecule has 2 aromatic rings. The summed E-state index contributed by atoms with van der Waals surface area (Å²) in [6.07, 6.45) is 6.00. The van der Waals surface area contributed by atoms with Crippen molar-refractivity contribution in [1.82, 2.24) is 14.8 Å². The Hall–Kier alpha value is -2.11. The Morgan fingerprint density at radius 3 is 3.07 bits per heavy atom. The molecule has 6 nitrogen and oxygen atoms in total. The predicted octanol–water partition coefficient (Wildman–Crippen LogP) is 3.95. The zero-order valence-corrected chi connectivity index (χ0v) is 17.3. The quantitative estimate of drug-likeness (QED) is 0.561. The molecule has 0 fully saturated rings. The summed E-state index contributed by atoms with van der Waals surface area (Å²) in [4.78, 5) is 13.7. The normalized spacial score (nSPS) is 15.8. The van der Waals surface area contributed by atoms with Crippen LogP contribution in [-0.4, -0.2) is 26.4 Å². The number of rotatable bonds is 7. The lowest BCUT2D eigenvalue weighted by Crippen LogP contribution is -2.15. The monoisotopic (exact) mass is 401 g/mol. The summed E-state index contributed by atoms with van der Waals surface area (Å²) in [5, 5.41) is 22.1. The van der Waals surface area contributed by atoms with Gasteiger partial charge in [0.25, 0.3) is 0 Å². The van der Waals surface area contributed by atoms with Gasteiger partial charge in [-0.3, -0.25) is 4.79 Å². The van der Waals surface area contributed by atoms with Crippen molar-refractivity contribution in [3.8, 4) is 6.07 Å². The van der Waals surface area contributed by atoms with Crippen LogP contribution in [0.4, 0.5) is 5.00 Å². The number of carbonyl (C=O) groups excluding carboxylic acids is 1. The van der Waals surface area contributed by atoms with E-state index in [1.165, 1.54) is 16.6 Å². The second-order valence-electron chi connectivity index (χ2n) is 6.60. The zero-order chi connectivity index (χ0) is 19.4. The summed E-state index contributed by atoms with van der Waals surface area (Å²) in [6.45, 7) is 8.43. The van der Waals surface area contributed by atoms with Crippen LogP contribution in [0.5, 0.6) is 0 Å². The molecule has 0 aliphatic heterocycles. The minimum Gasteiger partial charge on any atom is -0.316 e. The molecule has 1 N–H and O–H groups in total. The van der Waals surface area contributed by atoms with Crippen molar-refractivity contribution in [3.05, 3.63) is 34.5 Å². The Bertz CT molecular complexity index is 893. The highest BCUT2D eigenvalue weighted by molar-refractivity contribution is 7.99. The topological polar surface area (TPSA) is 83.6 Å². The third-order valence-corrected chi connectivity index (χ3v) is 6.99. The van der Waals surface area contributed by atoms with Crippen molar-refractivity contribution in [2.45, 2.75) is 51.2 Å². The van der Waals surface area contributed by atoms with E-state index in [2.05, 4.69) is 35.1 Å². The van der Waals surface area contributed by atoms with Crippen molar-refractivity contribution in [3.63, 3.8) is 0 Å². The molecular formula is C19H23N5OS2. The molecule has 8 heteroatoms. The first kappa shape index (κ1) is 19.6. The maximum atomic E-state index is 12.5. The predicted molar refractivity (Wildman–Crippen MR) is 109 cm³/mol. The van der Waals surface area contributed by atoms with Gasteiger partial charge in [0.2, 0.25) is 5.91 Å². The van der Waals surface area contributed by atoms with E-state index in [1.807, 2.05) is 11.5 Å². The third-order valence-electron chi connectivity index (χ3n) is 4.86. The second kappa shape index (κ2) is 8.72. The highest BCUT2D eigenvalue weighted by Gasteiger charge is 2.25. The molecule has 1 aliphatic rings. The van der Waals surface area contributed by atoms with Gasteiger partial charge in [0.15, 0.2) is 5.16 Å². The Kier molecular flexibility index (Phi) is 6.34. The largest absolute Gasteiger partial charge is 0.316 e. The summed E-state index contributed by atoms with van der Waals surface area (Å²) in [5.41, 5.74) is 1.78. The lowest BCUT2D eigenvalue weighted by molar-refractivity contribution is -0.113. The molecule has 0 bridgehead atoms. The number of amides is 1. The van der Waals surface area contributed by atoms with Gasteiger partial charge in [-0.15, -0.1) is 28.1 Å². The van der Waals surface area contributed by atoms with Crippen LogP contribution >= 0.6 is 23.1 Å². The zero-order valence-electron chi connectivity index (χ0n) is 15.6. The molecule has 1 atom stereocenters. The molecule has 1 amide bonds. The number of thiophene rings is 1. The molecule has 27 heavy (non-hydrogen) atoms. The van der Waals surface area contributed by atoms with Crippen LogP contribution in [0.15, 0.2) is 17.8 Å². The molecule has 3 rings (SSSR count). The summed E-state index contributed by atoms with van der Waals surface area (Å²) in [7, 11) is 0. The molecule has 2 aromatic heterocycles. The van der Waals surface area contributed by atoms with E-state index in [0.717, 1.165) is 37.1 Å². The van der Waals surface area contributed by atoms with Crippen LogP contribution in [0.3, 0.4) is 0 Å². The van der Waals surface area contributed by atoms with E-state index in [-0.39, 0.29) is 11.7 Å². The Morgan fingerprint density at radius 2 is 2.37 bits per heavy atom. The number of nitrogens with zero attached hydrogens (tertiary/aromatic N) is 4. The Morgan fingerprint density at radius 1 is 1.56 bits per heavy atom. The molecule has 1 unspecified atom stereocenters. The van der Waals surface area contributed by atoms with E-state index in [1.54, 1.807) is 17.4 Å². The van der Waals surface area contributed by atoms with Crippen LogP contribution in [0.25, 0.3) is 0 Å². The van der Waals surface area contributed by atoms with Crippen molar-refractivity contribution in [2.24, 2.45) is 5.92 Å². The lowest BCUT2D eigenvalue weighted by atomic mass is 9.86. The number of fused-ring (bicyclic) bond motifs is 1. The average Bonchev–Trinajstić information content (AvgIpc) is 3.19. The number of allylic oxidation sites excluding steroid dienone is 1. The SMILES string of the molecule is C=CCn1c(C)nnc1SCC(=O)Nc1sc2c(c1C#N)CCC(CC)C2. The highest BCUT2D eigenvalue weighted by Crippen LogP contribution is 2.40. The van der Waals surface area contributed by atoms with Gasteiger partial charge in [-0.25, -0.2) is 0 Å². The molecular weight excluding hydrogens is 378 g/mol. The summed E-state index contributed by atoms with van der Waals surface area (Å²) < 4.78 is 1.92. The molecule has 0 saturated heterocycles. The standard InChI is InChI=1S/C19H23N5OS2/c1-4-8-24-12(3)22-23-19(24)26-11-17(25)21-18-15(10-20)14-7-6-13(5-2)9-16(14)27-18/h4,13H,1,5-9,11H2,2-3H3,(H,21,25). The van der Waals surface area contributed by atoms with Crippen LogP contribution < -0.4 is 5.32 Å². The van der Waals surface area contributed by atoms with Crippen LogP contribution in [0, 0.1) is 24.2 Å². The van der Waals surface area contributed by atoms with E-state index in [9.17, 15) is 10.1 Å². The maximum Gasteiger partial charge on any atom is 0.235 e. The second-order valence-corrected chi connectivity index (χ2v) is 8.65. The number of nitriles is 1. The van der Waals surface area contributed by atoms with E-state index in [0.29, 0.717) is 28.2 Å². The molecule has 0 aromatic carbocycles. The fourth-order valence-corrected chi connectivity index (χ4v) is 5.43. The van der Waals surface area contributed by atoms with Crippen molar-refractivity contribution in [1.29, 1.82) is 5.26 Å². The van der Waals surface area contributed by atoms with Crippen LogP contribution in [0.2, 0.25) is 0 Å². The van der Waals surface area contributed by atoms with Crippen LogP contribution in [-0.2, 0) is 24.2 Å². The van der Waals surface area contributed by atoms with E-state index >= 15 is 0 Å². The van der Waals surface area contributed by atoms with Gasteiger partial charge in [-0.05, 0) is 37.7 Å². The summed E-state index contributed by atoms with van der Waals surface area (Å²) in [5.74, 6) is 1.57. The minimum atomic E-state index is -0.132. The molecule has 0 spiro atoms. The van der Waals surface area contributed by atoms with E-state index < -0.39 is 0 Å². The first-order valence-corrected chi connectivity index (χ1v) is 10.9. The van der Waals surface area contributed by atoms with Crippen molar-refractivity contribution in [2.75, 3.05) is 11.1 Å². The first-order chi connectivity index (χ1) is 13.1. The van der Waals surface area contributed by atoms with Crippen molar-refractivity contribution < 1.29 is 4.79 Å². The lowest BCUT2D eigenvalue weighted by Gasteiger charge is -2.20. The first-order valence-electron chi connectivity index (χ1n) is 9.05. The number of thioether (sulfide) groups is 1. The van der Waals surface area contributed by atoms with Gasteiger partial charge in [-0.2, -0.15) is 5.26 Å². The number of hydrogen-bond acceptors (Lipinski definition) is 6. The van der Waals surface area contributed by atoms with Gasteiger partial charge in [0.05, 0.1) is 11.3 Å². The van der Waals surface area contributed by atoms with Crippen molar-refractivity contribution >= 4 is 34.0 Å². The third kappa shape index (κ3) is 4.25. The molecule has 0 radical (unpaired) electrons. The summed E-state index contributed by atoms with van der Waals surface area (Å²) in [6, 6.07) is 2.30. The van der Waals surface area contributed by atoms with Gasteiger partial charge in [0, 0.05) is 11.4 Å². The summed E-state index contributed by atoms with van der Waals surface area (Å²) >= 11 is 2.90. The van der Waals surface area contributed by atoms with Gasteiger partial charge >= 0.3 is 0 Å². The number of anilines is 1. The Labute approximate surface area is 167 Å². The fraction of sp³-hybridized carbons (Fsp3) is 0.474. The maximum absolute atomic E-state index is 12.5. The van der Waals surface area contributed by atoms with Gasteiger partial charge in [-0.1, -0.05) is 31.2 Å². The smallest absolute Gasteiger partial charge is 0.235 e.